The van der Waals surface area contributed by atoms with Crippen LogP contribution in [0.25, 0.3) is 10.9 Å². The lowest BCUT2D eigenvalue weighted by atomic mass is 10.1. The van der Waals surface area contributed by atoms with Gasteiger partial charge in [-0.15, -0.1) is 0 Å². The number of aromatic carboxylic acids is 1. The average Bonchev–Trinajstić information content (AvgIpc) is 2.94. The highest BCUT2D eigenvalue weighted by molar-refractivity contribution is 8.00. The largest absolute Gasteiger partial charge is 0.478 e. The fourth-order valence-electron chi connectivity index (χ4n) is 1.89. The summed E-state index contributed by atoms with van der Waals surface area (Å²) in [5.41, 5.74) is 0.931. The molecule has 7 heteroatoms. The minimum absolute atomic E-state index is 0.265. The number of aryl methyl sites for hydroxylation is 1. The number of rotatable bonds is 4. The topological polar surface area (TPSA) is 76.0 Å². The SMILES string of the molecule is CCc1nsc(Sc2ccc3c(C(=O)O)cccc3n2)n1. The molecule has 0 saturated carbocycles. The third kappa shape index (κ3) is 2.88. The van der Waals surface area contributed by atoms with Gasteiger partial charge >= 0.3 is 5.97 Å². The Balaban J connectivity index is 1.96. The quantitative estimate of drug-likeness (QED) is 0.793. The maximum atomic E-state index is 11.2. The first kappa shape index (κ1) is 14.0. The number of hydrogen-bond donors (Lipinski definition) is 1. The van der Waals surface area contributed by atoms with E-state index >= 15 is 0 Å². The van der Waals surface area contributed by atoms with E-state index in [2.05, 4.69) is 14.3 Å². The molecule has 3 rings (SSSR count). The molecule has 0 aliphatic rings. The van der Waals surface area contributed by atoms with Crippen LogP contribution >= 0.6 is 23.3 Å². The number of pyridine rings is 1. The highest BCUT2D eigenvalue weighted by Gasteiger charge is 2.11. The Hall–Kier alpha value is -1.99. The standard InChI is InChI=1S/C14H11N3O2S2/c1-2-11-16-14(21-17-11)20-12-7-6-8-9(13(18)19)4-3-5-10(8)15-12/h3-7H,2H2,1H3,(H,18,19). The lowest BCUT2D eigenvalue weighted by Crippen LogP contribution is -1.97. The minimum atomic E-state index is -0.945. The van der Waals surface area contributed by atoms with Crippen molar-refractivity contribution < 1.29 is 9.90 Å². The van der Waals surface area contributed by atoms with Crippen LogP contribution in [0.1, 0.15) is 23.1 Å². The fraction of sp³-hybridized carbons (Fsp3) is 0.143. The molecule has 0 aliphatic carbocycles. The van der Waals surface area contributed by atoms with E-state index in [-0.39, 0.29) is 5.56 Å². The van der Waals surface area contributed by atoms with Crippen molar-refractivity contribution in [2.24, 2.45) is 0 Å². The van der Waals surface area contributed by atoms with Gasteiger partial charge in [-0.2, -0.15) is 4.37 Å². The number of hydrogen-bond acceptors (Lipinski definition) is 6. The first-order valence-corrected chi connectivity index (χ1v) is 7.90. The van der Waals surface area contributed by atoms with Crippen molar-refractivity contribution in [3.8, 4) is 0 Å². The van der Waals surface area contributed by atoms with Crippen LogP contribution in [0.5, 0.6) is 0 Å². The molecule has 3 aromatic rings. The van der Waals surface area contributed by atoms with E-state index in [1.807, 2.05) is 19.1 Å². The molecule has 1 aromatic carbocycles. The summed E-state index contributed by atoms with van der Waals surface area (Å²) in [7, 11) is 0. The minimum Gasteiger partial charge on any atom is -0.478 e. The van der Waals surface area contributed by atoms with E-state index in [1.54, 1.807) is 18.2 Å². The van der Waals surface area contributed by atoms with Crippen LogP contribution in [-0.4, -0.2) is 25.4 Å². The predicted octanol–water partition coefficient (Wildman–Crippen LogP) is 3.50. The zero-order chi connectivity index (χ0) is 14.8. The van der Waals surface area contributed by atoms with Gasteiger partial charge in [0, 0.05) is 11.8 Å². The second-order valence-electron chi connectivity index (χ2n) is 4.26. The maximum Gasteiger partial charge on any atom is 0.336 e. The molecule has 0 saturated heterocycles. The molecule has 106 valence electrons. The summed E-state index contributed by atoms with van der Waals surface area (Å²) < 4.78 is 5.08. The Morgan fingerprint density at radius 2 is 2.14 bits per heavy atom. The van der Waals surface area contributed by atoms with Crippen LogP contribution in [0.4, 0.5) is 0 Å². The highest BCUT2D eigenvalue weighted by Crippen LogP contribution is 2.29. The smallest absolute Gasteiger partial charge is 0.336 e. The number of benzene rings is 1. The van der Waals surface area contributed by atoms with Crippen molar-refractivity contribution in [1.82, 2.24) is 14.3 Å². The number of carbonyl (C=O) groups is 1. The van der Waals surface area contributed by atoms with Gasteiger partial charge < -0.3 is 5.11 Å². The van der Waals surface area contributed by atoms with Crippen molar-refractivity contribution in [3.05, 3.63) is 41.7 Å². The molecule has 21 heavy (non-hydrogen) atoms. The van der Waals surface area contributed by atoms with Crippen molar-refractivity contribution in [2.45, 2.75) is 22.7 Å². The van der Waals surface area contributed by atoms with Crippen LogP contribution in [0.15, 0.2) is 39.7 Å². The number of nitrogens with zero attached hydrogens (tertiary/aromatic N) is 3. The molecule has 2 aromatic heterocycles. The lowest BCUT2D eigenvalue weighted by Gasteiger charge is -2.03. The Kier molecular flexibility index (Phi) is 3.85. The summed E-state index contributed by atoms with van der Waals surface area (Å²) in [6.45, 7) is 2.01. The van der Waals surface area contributed by atoms with Gasteiger partial charge in [-0.3, -0.25) is 0 Å². The highest BCUT2D eigenvalue weighted by atomic mass is 32.2. The predicted molar refractivity (Wildman–Crippen MR) is 82.1 cm³/mol. The third-order valence-corrected chi connectivity index (χ3v) is 4.62. The van der Waals surface area contributed by atoms with Crippen LogP contribution in [0.3, 0.4) is 0 Å². The molecule has 0 radical (unpaired) electrons. The van der Waals surface area contributed by atoms with Gasteiger partial charge in [0.15, 0.2) is 4.34 Å². The van der Waals surface area contributed by atoms with Gasteiger partial charge in [0.05, 0.1) is 11.1 Å². The summed E-state index contributed by atoms with van der Waals surface area (Å²) in [5.74, 6) is -0.115. The number of aromatic nitrogens is 3. The van der Waals surface area contributed by atoms with E-state index in [1.165, 1.54) is 23.3 Å². The summed E-state index contributed by atoms with van der Waals surface area (Å²) in [4.78, 5) is 20.1. The Morgan fingerprint density at radius 3 is 2.86 bits per heavy atom. The molecule has 1 N–H and O–H groups in total. The molecule has 0 unspecified atom stereocenters. The van der Waals surface area contributed by atoms with E-state index in [0.29, 0.717) is 10.9 Å². The molecule has 0 spiro atoms. The summed E-state index contributed by atoms with van der Waals surface area (Å²) in [6, 6.07) is 8.69. The zero-order valence-corrected chi connectivity index (χ0v) is 12.7. The molecule has 0 amide bonds. The van der Waals surface area contributed by atoms with Crippen LogP contribution in [0.2, 0.25) is 0 Å². The molecule has 2 heterocycles. The molecule has 0 atom stereocenters. The molecule has 0 aliphatic heterocycles. The van der Waals surface area contributed by atoms with E-state index in [9.17, 15) is 4.79 Å². The van der Waals surface area contributed by atoms with Crippen LogP contribution in [-0.2, 0) is 6.42 Å². The molecule has 0 fully saturated rings. The van der Waals surface area contributed by atoms with Crippen molar-refractivity contribution in [2.75, 3.05) is 0 Å². The van der Waals surface area contributed by atoms with Crippen molar-refractivity contribution >= 4 is 40.2 Å². The first-order valence-electron chi connectivity index (χ1n) is 6.31. The van der Waals surface area contributed by atoms with Crippen LogP contribution < -0.4 is 0 Å². The lowest BCUT2D eigenvalue weighted by molar-refractivity contribution is 0.0699. The molecule has 5 nitrogen and oxygen atoms in total. The molecular weight excluding hydrogens is 306 g/mol. The van der Waals surface area contributed by atoms with Gasteiger partial charge in [0.2, 0.25) is 0 Å². The maximum absolute atomic E-state index is 11.2. The second kappa shape index (κ2) is 5.79. The van der Waals surface area contributed by atoms with Crippen molar-refractivity contribution in [3.63, 3.8) is 0 Å². The summed E-state index contributed by atoms with van der Waals surface area (Å²) in [5, 5.41) is 10.6. The van der Waals surface area contributed by atoms with Crippen molar-refractivity contribution in [1.29, 1.82) is 0 Å². The van der Waals surface area contributed by atoms with E-state index in [4.69, 9.17) is 5.11 Å². The Morgan fingerprint density at radius 1 is 1.29 bits per heavy atom. The number of carboxylic acid groups (broad SMARTS) is 1. The van der Waals surface area contributed by atoms with Gasteiger partial charge in [-0.05, 0) is 47.6 Å². The van der Waals surface area contributed by atoms with Crippen LogP contribution in [0, 0.1) is 0 Å². The Bertz CT molecular complexity index is 817. The van der Waals surface area contributed by atoms with E-state index in [0.717, 1.165) is 21.6 Å². The normalized spacial score (nSPS) is 10.9. The van der Waals surface area contributed by atoms with Gasteiger partial charge in [-0.25, -0.2) is 14.8 Å². The number of carboxylic acids is 1. The number of fused-ring (bicyclic) bond motifs is 1. The summed E-state index contributed by atoms with van der Waals surface area (Å²) in [6.07, 6.45) is 0.810. The first-order chi connectivity index (χ1) is 10.2. The van der Waals surface area contributed by atoms with Gasteiger partial charge in [0.1, 0.15) is 10.9 Å². The fourth-order valence-corrected chi connectivity index (χ4v) is 3.52. The molecular formula is C14H11N3O2S2. The third-order valence-electron chi connectivity index (χ3n) is 2.89. The Labute approximate surface area is 129 Å². The second-order valence-corrected chi connectivity index (χ2v) is 6.28. The molecule has 0 bridgehead atoms. The summed E-state index contributed by atoms with van der Waals surface area (Å²) >= 11 is 2.79. The van der Waals surface area contributed by atoms with Gasteiger partial charge in [-0.1, -0.05) is 13.0 Å². The monoisotopic (exact) mass is 317 g/mol. The zero-order valence-electron chi connectivity index (χ0n) is 11.1. The van der Waals surface area contributed by atoms with E-state index < -0.39 is 5.97 Å². The average molecular weight is 317 g/mol. The van der Waals surface area contributed by atoms with Gasteiger partial charge in [0.25, 0.3) is 0 Å².